The maximum absolute atomic E-state index is 11.9. The van der Waals surface area contributed by atoms with E-state index in [1.807, 2.05) is 0 Å². The van der Waals surface area contributed by atoms with Crippen LogP contribution in [0.3, 0.4) is 0 Å². The summed E-state index contributed by atoms with van der Waals surface area (Å²) in [6.07, 6.45) is 4.53. The van der Waals surface area contributed by atoms with Crippen LogP contribution in [0.2, 0.25) is 0 Å². The molecule has 1 N–H and O–H groups in total. The molecule has 6 nitrogen and oxygen atoms in total. The van der Waals surface area contributed by atoms with E-state index in [9.17, 15) is 4.79 Å². The van der Waals surface area contributed by atoms with Crippen LogP contribution in [0.5, 0.6) is 0 Å². The molecule has 0 aliphatic heterocycles. The number of nitrogens with zero attached hydrogens (tertiary/aromatic N) is 4. The summed E-state index contributed by atoms with van der Waals surface area (Å²) in [5.41, 5.74) is 0.527. The summed E-state index contributed by atoms with van der Waals surface area (Å²) >= 11 is 0. The Labute approximate surface area is 92.2 Å². The molecule has 0 atom stereocenters. The van der Waals surface area contributed by atoms with E-state index in [1.54, 1.807) is 16.3 Å². The van der Waals surface area contributed by atoms with Gasteiger partial charge in [0.2, 0.25) is 0 Å². The average molecular weight is 222 g/mol. The van der Waals surface area contributed by atoms with Gasteiger partial charge in [-0.2, -0.15) is 5.10 Å². The van der Waals surface area contributed by atoms with Gasteiger partial charge in [-0.1, -0.05) is 0 Å². The molecule has 0 radical (unpaired) electrons. The van der Waals surface area contributed by atoms with E-state index in [1.165, 1.54) is 12.5 Å². The molecular weight excluding hydrogens is 208 g/mol. The maximum atomic E-state index is 11.9. The van der Waals surface area contributed by atoms with Crippen molar-refractivity contribution in [1.82, 2.24) is 19.3 Å². The third kappa shape index (κ3) is 1.83. The minimum Gasteiger partial charge on any atom is -0.396 e. The van der Waals surface area contributed by atoms with Gasteiger partial charge in [0, 0.05) is 20.2 Å². The molecule has 0 unspecified atom stereocenters. The van der Waals surface area contributed by atoms with Crippen molar-refractivity contribution in [1.29, 1.82) is 0 Å². The Balaban J connectivity index is 2.34. The van der Waals surface area contributed by atoms with Gasteiger partial charge >= 0.3 is 0 Å². The van der Waals surface area contributed by atoms with Crippen molar-refractivity contribution in [3.05, 3.63) is 22.9 Å². The second kappa shape index (κ2) is 4.44. The van der Waals surface area contributed by atoms with Crippen LogP contribution in [-0.2, 0) is 13.6 Å². The first-order chi connectivity index (χ1) is 7.74. The minimum atomic E-state index is -0.0731. The summed E-state index contributed by atoms with van der Waals surface area (Å²) in [4.78, 5) is 16.1. The van der Waals surface area contributed by atoms with Gasteiger partial charge in [0.1, 0.15) is 5.39 Å². The Morgan fingerprint density at radius 1 is 1.44 bits per heavy atom. The fraction of sp³-hybridized carbons (Fsp3) is 0.500. The van der Waals surface area contributed by atoms with Gasteiger partial charge in [-0.15, -0.1) is 0 Å². The molecule has 2 aromatic rings. The van der Waals surface area contributed by atoms with E-state index in [-0.39, 0.29) is 12.2 Å². The lowest BCUT2D eigenvalue weighted by molar-refractivity contribution is 0.281. The maximum Gasteiger partial charge on any atom is 0.264 e. The molecule has 86 valence electrons. The smallest absolute Gasteiger partial charge is 0.264 e. The number of aryl methyl sites for hydroxylation is 2. The first-order valence-electron chi connectivity index (χ1n) is 5.22. The molecule has 6 heteroatoms. The zero-order chi connectivity index (χ0) is 11.5. The highest BCUT2D eigenvalue weighted by Gasteiger charge is 2.07. The molecule has 0 spiro atoms. The van der Waals surface area contributed by atoms with Crippen molar-refractivity contribution in [2.75, 3.05) is 6.61 Å². The predicted octanol–water partition coefficient (Wildman–Crippen LogP) is -0.0975. The monoisotopic (exact) mass is 222 g/mol. The zero-order valence-electron chi connectivity index (χ0n) is 9.13. The van der Waals surface area contributed by atoms with Crippen molar-refractivity contribution in [3.63, 3.8) is 0 Å². The summed E-state index contributed by atoms with van der Waals surface area (Å²) in [7, 11) is 1.75. The first kappa shape index (κ1) is 10.8. The van der Waals surface area contributed by atoms with Gasteiger partial charge in [0.25, 0.3) is 5.56 Å². The molecular formula is C10H14N4O2. The summed E-state index contributed by atoms with van der Waals surface area (Å²) in [6.45, 7) is 0.731. The Morgan fingerprint density at radius 2 is 2.25 bits per heavy atom. The molecule has 2 aromatic heterocycles. The Bertz CT molecular complexity index is 543. The zero-order valence-corrected chi connectivity index (χ0v) is 9.13. The Hall–Kier alpha value is -1.69. The highest BCUT2D eigenvalue weighted by molar-refractivity contribution is 5.72. The number of aliphatic hydroxyl groups excluding tert-OH is 1. The molecule has 0 aromatic carbocycles. The summed E-state index contributed by atoms with van der Waals surface area (Å²) < 4.78 is 3.13. The first-order valence-corrected chi connectivity index (χ1v) is 5.22. The van der Waals surface area contributed by atoms with Crippen LogP contribution in [0.1, 0.15) is 12.8 Å². The van der Waals surface area contributed by atoms with Crippen LogP contribution < -0.4 is 5.56 Å². The van der Waals surface area contributed by atoms with Gasteiger partial charge in [-0.05, 0) is 12.8 Å². The SMILES string of the molecule is Cn1ncc2c(=O)n(CCCCO)cnc21. The third-order valence-electron chi connectivity index (χ3n) is 2.53. The molecule has 2 rings (SSSR count). The molecule has 0 amide bonds. The van der Waals surface area contributed by atoms with Crippen LogP contribution >= 0.6 is 0 Å². The van der Waals surface area contributed by atoms with Gasteiger partial charge in [-0.25, -0.2) is 4.98 Å². The fourth-order valence-electron chi connectivity index (χ4n) is 1.62. The van der Waals surface area contributed by atoms with Crippen molar-refractivity contribution in [3.8, 4) is 0 Å². The van der Waals surface area contributed by atoms with E-state index in [4.69, 9.17) is 5.11 Å². The van der Waals surface area contributed by atoms with E-state index in [2.05, 4.69) is 10.1 Å². The number of fused-ring (bicyclic) bond motifs is 1. The van der Waals surface area contributed by atoms with E-state index >= 15 is 0 Å². The number of aliphatic hydroxyl groups is 1. The molecule has 16 heavy (non-hydrogen) atoms. The molecule has 2 heterocycles. The van der Waals surface area contributed by atoms with Gasteiger partial charge in [0.05, 0.1) is 12.5 Å². The van der Waals surface area contributed by atoms with Crippen molar-refractivity contribution < 1.29 is 5.11 Å². The molecule has 0 aliphatic rings. The van der Waals surface area contributed by atoms with Crippen molar-refractivity contribution >= 4 is 11.0 Å². The quantitative estimate of drug-likeness (QED) is 0.733. The van der Waals surface area contributed by atoms with E-state index in [0.29, 0.717) is 24.0 Å². The van der Waals surface area contributed by atoms with Crippen LogP contribution in [-0.4, -0.2) is 31.0 Å². The highest BCUT2D eigenvalue weighted by atomic mass is 16.2. The summed E-state index contributed by atoms with van der Waals surface area (Å²) in [5.74, 6) is 0. The highest BCUT2D eigenvalue weighted by Crippen LogP contribution is 2.03. The van der Waals surface area contributed by atoms with Crippen LogP contribution in [0.15, 0.2) is 17.3 Å². The lowest BCUT2D eigenvalue weighted by Gasteiger charge is -2.03. The molecule has 0 saturated heterocycles. The number of hydrogen-bond donors (Lipinski definition) is 1. The Kier molecular flexibility index (Phi) is 3.00. The van der Waals surface area contributed by atoms with Gasteiger partial charge in [-0.3, -0.25) is 14.0 Å². The predicted molar refractivity (Wildman–Crippen MR) is 59.1 cm³/mol. The fourth-order valence-corrected chi connectivity index (χ4v) is 1.62. The molecule has 0 saturated carbocycles. The molecule has 0 aliphatic carbocycles. The minimum absolute atomic E-state index is 0.0731. The van der Waals surface area contributed by atoms with Crippen molar-refractivity contribution in [2.24, 2.45) is 7.05 Å². The largest absolute Gasteiger partial charge is 0.396 e. The van der Waals surface area contributed by atoms with Gasteiger partial charge in [0.15, 0.2) is 5.65 Å². The molecule has 0 bridgehead atoms. The standard InChI is InChI=1S/C10H14N4O2/c1-13-9-8(6-12-13)10(16)14(7-11-9)4-2-3-5-15/h6-7,15H,2-5H2,1H3. The number of unbranched alkanes of at least 4 members (excludes halogenated alkanes) is 1. The van der Waals surface area contributed by atoms with E-state index < -0.39 is 0 Å². The second-order valence-corrected chi connectivity index (χ2v) is 3.68. The van der Waals surface area contributed by atoms with E-state index in [0.717, 1.165) is 6.42 Å². The molecule has 0 fully saturated rings. The normalized spacial score (nSPS) is 11.1. The number of hydrogen-bond acceptors (Lipinski definition) is 4. The third-order valence-corrected chi connectivity index (χ3v) is 2.53. The van der Waals surface area contributed by atoms with Crippen LogP contribution in [0.25, 0.3) is 11.0 Å². The van der Waals surface area contributed by atoms with Crippen LogP contribution in [0, 0.1) is 0 Å². The summed E-state index contributed by atoms with van der Waals surface area (Å²) in [5, 5.41) is 13.2. The van der Waals surface area contributed by atoms with Gasteiger partial charge < -0.3 is 5.11 Å². The lowest BCUT2D eigenvalue weighted by Crippen LogP contribution is -2.20. The summed E-state index contributed by atoms with van der Waals surface area (Å²) in [6, 6.07) is 0. The number of aromatic nitrogens is 4. The van der Waals surface area contributed by atoms with Crippen molar-refractivity contribution in [2.45, 2.75) is 19.4 Å². The average Bonchev–Trinajstić information content (AvgIpc) is 2.65. The topological polar surface area (TPSA) is 72.9 Å². The second-order valence-electron chi connectivity index (χ2n) is 3.68. The number of rotatable bonds is 4. The van der Waals surface area contributed by atoms with Crippen LogP contribution in [0.4, 0.5) is 0 Å². The Morgan fingerprint density at radius 3 is 3.00 bits per heavy atom. The lowest BCUT2D eigenvalue weighted by atomic mass is 10.3.